The molecule has 2 saturated carbocycles. The number of hydrogen-bond acceptors (Lipinski definition) is 2. The van der Waals surface area contributed by atoms with E-state index >= 15 is 0 Å². The molecule has 0 aromatic heterocycles. The SMILES string of the molecule is C#C[C@]1(O)CCC2C3=CCC4C[C@@H](O)C=C[C@]4(C)C3CC[C@@]21C. The molecule has 0 radical (unpaired) electrons. The van der Waals surface area contributed by atoms with E-state index in [2.05, 4.69) is 31.9 Å². The van der Waals surface area contributed by atoms with Crippen molar-refractivity contribution in [1.29, 1.82) is 0 Å². The summed E-state index contributed by atoms with van der Waals surface area (Å²) in [4.78, 5) is 0. The van der Waals surface area contributed by atoms with Gasteiger partial charge in [0, 0.05) is 5.41 Å². The molecule has 2 heteroatoms. The molecule has 4 aliphatic rings. The van der Waals surface area contributed by atoms with Crippen LogP contribution >= 0.6 is 0 Å². The maximum Gasteiger partial charge on any atom is 0.131 e. The van der Waals surface area contributed by atoms with Gasteiger partial charge in [-0.05, 0) is 61.7 Å². The van der Waals surface area contributed by atoms with Crippen molar-refractivity contribution in [3.05, 3.63) is 23.8 Å². The first-order chi connectivity index (χ1) is 10.8. The molecule has 0 spiro atoms. The fourth-order valence-electron chi connectivity index (χ4n) is 6.31. The molecule has 4 aliphatic carbocycles. The van der Waals surface area contributed by atoms with Crippen LogP contribution in [-0.4, -0.2) is 21.9 Å². The Morgan fingerprint density at radius 2 is 1.96 bits per heavy atom. The molecule has 0 aliphatic heterocycles. The lowest BCUT2D eigenvalue weighted by molar-refractivity contribution is -0.0478. The highest BCUT2D eigenvalue weighted by Crippen LogP contribution is 2.65. The third kappa shape index (κ3) is 1.84. The maximum atomic E-state index is 11.0. The number of aliphatic hydroxyl groups excluding tert-OH is 1. The molecule has 0 heterocycles. The number of fused-ring (bicyclic) bond motifs is 5. The Balaban J connectivity index is 1.73. The summed E-state index contributed by atoms with van der Waals surface area (Å²) in [6.07, 6.45) is 17.9. The monoisotopic (exact) mass is 312 g/mol. The minimum Gasteiger partial charge on any atom is -0.389 e. The zero-order chi connectivity index (χ0) is 16.5. The van der Waals surface area contributed by atoms with Crippen molar-refractivity contribution < 1.29 is 10.2 Å². The minimum atomic E-state index is -0.945. The van der Waals surface area contributed by atoms with E-state index in [1.807, 2.05) is 6.08 Å². The molecule has 124 valence electrons. The number of rotatable bonds is 0. The molecule has 0 aromatic carbocycles. The van der Waals surface area contributed by atoms with Gasteiger partial charge in [0.25, 0.3) is 0 Å². The molecule has 2 fully saturated rings. The van der Waals surface area contributed by atoms with Gasteiger partial charge < -0.3 is 10.2 Å². The maximum absolute atomic E-state index is 11.0. The average molecular weight is 312 g/mol. The van der Waals surface area contributed by atoms with Gasteiger partial charge in [-0.25, -0.2) is 0 Å². The van der Waals surface area contributed by atoms with Crippen LogP contribution in [0.15, 0.2) is 23.8 Å². The van der Waals surface area contributed by atoms with E-state index in [1.165, 1.54) is 0 Å². The van der Waals surface area contributed by atoms with Crippen molar-refractivity contribution in [2.75, 3.05) is 0 Å². The summed E-state index contributed by atoms with van der Waals surface area (Å²) in [5.41, 5.74) is 0.580. The lowest BCUT2D eigenvalue weighted by atomic mass is 9.49. The second kappa shape index (κ2) is 4.74. The fraction of sp³-hybridized carbons (Fsp3) is 0.714. The van der Waals surface area contributed by atoms with Gasteiger partial charge in [0.2, 0.25) is 0 Å². The Morgan fingerprint density at radius 1 is 1.22 bits per heavy atom. The minimum absolute atomic E-state index is 0.154. The molecule has 0 bridgehead atoms. The normalized spacial score (nSPS) is 54.5. The van der Waals surface area contributed by atoms with Gasteiger partial charge in [-0.2, -0.15) is 0 Å². The van der Waals surface area contributed by atoms with Crippen LogP contribution in [0.1, 0.15) is 52.4 Å². The highest BCUT2D eigenvalue weighted by molar-refractivity contribution is 5.35. The summed E-state index contributed by atoms with van der Waals surface area (Å²) in [7, 11) is 0. The van der Waals surface area contributed by atoms with Crippen molar-refractivity contribution in [2.24, 2.45) is 28.6 Å². The van der Waals surface area contributed by atoms with E-state index in [0.29, 0.717) is 17.8 Å². The van der Waals surface area contributed by atoms with Gasteiger partial charge in [-0.3, -0.25) is 0 Å². The summed E-state index contributed by atoms with van der Waals surface area (Å²) in [6, 6.07) is 0. The Kier molecular flexibility index (Phi) is 3.19. The molecule has 3 unspecified atom stereocenters. The van der Waals surface area contributed by atoms with E-state index in [0.717, 1.165) is 38.5 Å². The Morgan fingerprint density at radius 3 is 2.70 bits per heavy atom. The first-order valence-corrected chi connectivity index (χ1v) is 9.11. The zero-order valence-electron chi connectivity index (χ0n) is 14.3. The van der Waals surface area contributed by atoms with E-state index in [9.17, 15) is 10.2 Å². The summed E-state index contributed by atoms with van der Waals surface area (Å²) < 4.78 is 0. The summed E-state index contributed by atoms with van der Waals surface area (Å²) in [5, 5.41) is 21.0. The van der Waals surface area contributed by atoms with E-state index < -0.39 is 5.60 Å². The highest BCUT2D eigenvalue weighted by atomic mass is 16.3. The second-order valence-electron chi connectivity index (χ2n) is 8.77. The Hall–Kier alpha value is -1.04. The molecular weight excluding hydrogens is 284 g/mol. The predicted octanol–water partition coefficient (Wildman–Crippen LogP) is 3.45. The molecule has 7 atom stereocenters. The Bertz CT molecular complexity index is 626. The van der Waals surface area contributed by atoms with Gasteiger partial charge in [0.1, 0.15) is 5.60 Å². The van der Waals surface area contributed by atoms with Gasteiger partial charge >= 0.3 is 0 Å². The number of terminal acetylenes is 1. The highest BCUT2D eigenvalue weighted by Gasteiger charge is 2.61. The molecule has 0 saturated heterocycles. The van der Waals surface area contributed by atoms with E-state index in [4.69, 9.17) is 6.42 Å². The zero-order valence-corrected chi connectivity index (χ0v) is 14.3. The van der Waals surface area contributed by atoms with Crippen LogP contribution in [0.25, 0.3) is 0 Å². The third-order valence-corrected chi connectivity index (χ3v) is 7.98. The van der Waals surface area contributed by atoms with Crippen molar-refractivity contribution in [1.82, 2.24) is 0 Å². The molecule has 2 N–H and O–H groups in total. The molecule has 0 aromatic rings. The van der Waals surface area contributed by atoms with Crippen molar-refractivity contribution in [3.63, 3.8) is 0 Å². The third-order valence-electron chi connectivity index (χ3n) is 7.98. The Labute approximate surface area is 139 Å². The lowest BCUT2D eigenvalue weighted by Gasteiger charge is -2.56. The number of aliphatic hydroxyl groups is 2. The molecule has 23 heavy (non-hydrogen) atoms. The topological polar surface area (TPSA) is 40.5 Å². The first-order valence-electron chi connectivity index (χ1n) is 9.11. The van der Waals surface area contributed by atoms with E-state index in [-0.39, 0.29) is 16.9 Å². The summed E-state index contributed by atoms with van der Waals surface area (Å²) in [5.74, 6) is 4.23. The van der Waals surface area contributed by atoms with E-state index in [1.54, 1.807) is 5.57 Å². The van der Waals surface area contributed by atoms with Gasteiger partial charge in [0.15, 0.2) is 0 Å². The van der Waals surface area contributed by atoms with Crippen molar-refractivity contribution in [2.45, 2.75) is 64.1 Å². The van der Waals surface area contributed by atoms with Crippen LogP contribution < -0.4 is 0 Å². The van der Waals surface area contributed by atoms with Gasteiger partial charge in [-0.1, -0.05) is 43.6 Å². The summed E-state index contributed by atoms with van der Waals surface area (Å²) >= 11 is 0. The van der Waals surface area contributed by atoms with Crippen LogP contribution in [0, 0.1) is 40.9 Å². The second-order valence-corrected chi connectivity index (χ2v) is 8.77. The van der Waals surface area contributed by atoms with Crippen LogP contribution in [-0.2, 0) is 0 Å². The van der Waals surface area contributed by atoms with Crippen molar-refractivity contribution >= 4 is 0 Å². The predicted molar refractivity (Wildman–Crippen MR) is 91.4 cm³/mol. The van der Waals surface area contributed by atoms with Crippen LogP contribution in [0.5, 0.6) is 0 Å². The van der Waals surface area contributed by atoms with Gasteiger partial charge in [-0.15, -0.1) is 6.42 Å². The van der Waals surface area contributed by atoms with Crippen LogP contribution in [0.2, 0.25) is 0 Å². The van der Waals surface area contributed by atoms with Crippen molar-refractivity contribution in [3.8, 4) is 12.3 Å². The molecule has 4 rings (SSSR count). The van der Waals surface area contributed by atoms with Gasteiger partial charge in [0.05, 0.1) is 6.10 Å². The van der Waals surface area contributed by atoms with Crippen LogP contribution in [0.3, 0.4) is 0 Å². The molecule has 2 nitrogen and oxygen atoms in total. The summed E-state index contributed by atoms with van der Waals surface area (Å²) in [6.45, 7) is 4.58. The average Bonchev–Trinajstić information content (AvgIpc) is 2.80. The lowest BCUT2D eigenvalue weighted by Crippen LogP contribution is -2.52. The molecular formula is C21H28O2. The smallest absolute Gasteiger partial charge is 0.131 e. The number of hydrogen-bond donors (Lipinski definition) is 2. The largest absolute Gasteiger partial charge is 0.389 e. The quantitative estimate of drug-likeness (QED) is 0.531. The molecule has 0 amide bonds. The van der Waals surface area contributed by atoms with Crippen LogP contribution in [0.4, 0.5) is 0 Å². The number of allylic oxidation sites excluding steroid dienone is 3. The standard InChI is InChI=1S/C21H28O2/c1-4-21(23)12-9-18-16-6-5-14-13-15(22)7-10-19(14,2)17(16)8-11-20(18,21)3/h1,6-7,10,14-15,17-18,22-23H,5,8-9,11-13H2,2-3H3/t14?,15-,17?,18?,19-,20-,21-/m0/s1. The fourth-order valence-corrected chi connectivity index (χ4v) is 6.31. The first kappa shape index (κ1) is 15.5.